The Bertz CT molecular complexity index is 1480. The van der Waals surface area contributed by atoms with Gasteiger partial charge < -0.3 is 40.2 Å². The third-order valence-electron chi connectivity index (χ3n) is 7.31. The standard InChI is InChI=1S/C31H35Cl2FN4O6/c1-41-27-15-24(35)22(32)13-20(27)31(40)37-26-16-28(42-2)21(14-23(26)33)30(39)36-25-9-11-38(17-29(25)43-3)10-4-12-44-19-7-5-18(34)6-8-19/h5-8,13-16,25,29H,4,9-12,17,35H2,1-3H3,(H,36,39)(H,37,40)/t25-,29+/m1/s1. The molecular weight excluding hydrogens is 614 g/mol. The van der Waals surface area contributed by atoms with Gasteiger partial charge in [0.05, 0.1) is 65.5 Å². The van der Waals surface area contributed by atoms with E-state index in [4.69, 9.17) is 47.9 Å². The van der Waals surface area contributed by atoms with Crippen LogP contribution in [0.2, 0.25) is 10.0 Å². The molecule has 3 aromatic carbocycles. The van der Waals surface area contributed by atoms with Gasteiger partial charge in [0.25, 0.3) is 11.8 Å². The number of benzene rings is 3. The first-order chi connectivity index (χ1) is 21.1. The number of carbonyl (C=O) groups excluding carboxylic acids is 2. The second-order valence-electron chi connectivity index (χ2n) is 10.2. The molecule has 0 saturated carbocycles. The molecular formula is C31H35Cl2FN4O6. The minimum absolute atomic E-state index is 0.130. The van der Waals surface area contributed by atoms with E-state index in [1.54, 1.807) is 19.2 Å². The minimum atomic E-state index is -0.540. The van der Waals surface area contributed by atoms with Crippen molar-refractivity contribution in [2.75, 3.05) is 58.6 Å². The Morgan fingerprint density at radius 2 is 1.64 bits per heavy atom. The highest BCUT2D eigenvalue weighted by Gasteiger charge is 2.31. The van der Waals surface area contributed by atoms with E-state index in [0.717, 1.165) is 19.5 Å². The second-order valence-corrected chi connectivity index (χ2v) is 11.0. The fraction of sp³-hybridized carbons (Fsp3) is 0.355. The molecule has 1 aliphatic rings. The van der Waals surface area contributed by atoms with Gasteiger partial charge in [0.15, 0.2) is 0 Å². The molecule has 0 radical (unpaired) electrons. The molecule has 10 nitrogen and oxygen atoms in total. The Morgan fingerprint density at radius 1 is 0.977 bits per heavy atom. The van der Waals surface area contributed by atoms with Crippen molar-refractivity contribution < 1.29 is 32.9 Å². The molecule has 0 spiro atoms. The molecule has 1 heterocycles. The molecule has 4 rings (SSSR count). The lowest BCUT2D eigenvalue weighted by atomic mass is 10.0. The number of methoxy groups -OCH3 is 3. The molecule has 1 aliphatic heterocycles. The lowest BCUT2D eigenvalue weighted by Gasteiger charge is -2.38. The van der Waals surface area contributed by atoms with Crippen LogP contribution in [0.25, 0.3) is 0 Å². The number of likely N-dealkylation sites (tertiary alicyclic amines) is 1. The van der Waals surface area contributed by atoms with E-state index in [2.05, 4.69) is 15.5 Å². The number of hydrogen-bond donors (Lipinski definition) is 3. The predicted molar refractivity (Wildman–Crippen MR) is 168 cm³/mol. The number of nitrogen functional groups attached to an aromatic ring is 1. The number of hydrogen-bond acceptors (Lipinski definition) is 8. The highest BCUT2D eigenvalue weighted by Crippen LogP contribution is 2.34. The zero-order chi connectivity index (χ0) is 31.8. The van der Waals surface area contributed by atoms with Crippen molar-refractivity contribution >= 4 is 46.4 Å². The summed E-state index contributed by atoms with van der Waals surface area (Å²) in [5.41, 5.74) is 6.68. The molecule has 2 amide bonds. The van der Waals surface area contributed by atoms with Crippen molar-refractivity contribution in [3.63, 3.8) is 0 Å². The average molecular weight is 650 g/mol. The molecule has 0 bridgehead atoms. The lowest BCUT2D eigenvalue weighted by Crippen LogP contribution is -2.55. The molecule has 1 fully saturated rings. The number of halogens is 3. The monoisotopic (exact) mass is 648 g/mol. The summed E-state index contributed by atoms with van der Waals surface area (Å²) in [5.74, 6) is -0.149. The molecule has 4 N–H and O–H groups in total. The maximum absolute atomic E-state index is 13.4. The number of nitrogens with two attached hydrogens (primary N) is 1. The van der Waals surface area contributed by atoms with E-state index in [0.29, 0.717) is 25.3 Å². The van der Waals surface area contributed by atoms with Crippen molar-refractivity contribution in [3.05, 3.63) is 75.5 Å². The zero-order valence-electron chi connectivity index (χ0n) is 24.6. The van der Waals surface area contributed by atoms with E-state index < -0.39 is 5.91 Å². The normalized spacial score (nSPS) is 16.7. The summed E-state index contributed by atoms with van der Waals surface area (Å²) in [7, 11) is 4.45. The molecule has 44 heavy (non-hydrogen) atoms. The largest absolute Gasteiger partial charge is 0.496 e. The number of rotatable bonds is 12. The molecule has 2 atom stereocenters. The van der Waals surface area contributed by atoms with Gasteiger partial charge in [0.2, 0.25) is 0 Å². The summed E-state index contributed by atoms with van der Waals surface area (Å²) in [5, 5.41) is 6.09. The summed E-state index contributed by atoms with van der Waals surface area (Å²) in [6.45, 7) is 2.66. The highest BCUT2D eigenvalue weighted by atomic mass is 35.5. The summed E-state index contributed by atoms with van der Waals surface area (Å²) < 4.78 is 35.2. The topological polar surface area (TPSA) is 124 Å². The van der Waals surface area contributed by atoms with Crippen LogP contribution in [-0.4, -0.2) is 76.4 Å². The summed E-state index contributed by atoms with van der Waals surface area (Å²) >= 11 is 12.6. The summed E-state index contributed by atoms with van der Waals surface area (Å²) in [4.78, 5) is 28.7. The second kappa shape index (κ2) is 15.3. The molecule has 1 saturated heterocycles. The van der Waals surface area contributed by atoms with Gasteiger partial charge in [-0.2, -0.15) is 0 Å². The molecule has 0 unspecified atom stereocenters. The number of ether oxygens (including phenoxy) is 4. The molecule has 0 aliphatic carbocycles. The van der Waals surface area contributed by atoms with E-state index in [1.807, 2.05) is 0 Å². The van der Waals surface area contributed by atoms with E-state index in [-0.39, 0.29) is 67.9 Å². The van der Waals surface area contributed by atoms with Crippen LogP contribution < -0.4 is 30.6 Å². The molecule has 13 heteroatoms. The van der Waals surface area contributed by atoms with Crippen LogP contribution in [0.5, 0.6) is 17.2 Å². The van der Waals surface area contributed by atoms with E-state index in [9.17, 15) is 14.0 Å². The van der Waals surface area contributed by atoms with Crippen molar-refractivity contribution in [2.45, 2.75) is 25.0 Å². The highest BCUT2D eigenvalue weighted by molar-refractivity contribution is 6.35. The molecule has 3 aromatic rings. The zero-order valence-corrected chi connectivity index (χ0v) is 26.1. The fourth-order valence-corrected chi connectivity index (χ4v) is 5.32. The number of carbonyl (C=O) groups is 2. The van der Waals surface area contributed by atoms with Crippen molar-refractivity contribution in [2.24, 2.45) is 0 Å². The summed E-state index contributed by atoms with van der Waals surface area (Å²) in [6.07, 6.45) is 1.20. The third-order valence-corrected chi connectivity index (χ3v) is 7.95. The third kappa shape index (κ3) is 8.23. The maximum atomic E-state index is 13.4. The lowest BCUT2D eigenvalue weighted by molar-refractivity contribution is 0.00527. The first kappa shape index (κ1) is 33.1. The first-order valence-corrected chi connectivity index (χ1v) is 14.6. The SMILES string of the molecule is COc1cc(N)c(Cl)cc1C(=O)Nc1cc(OC)c(C(=O)N[C@@H]2CCN(CCCOc3ccc(F)cc3)C[C@@H]2OC)cc1Cl. The van der Waals surface area contributed by atoms with Crippen LogP contribution in [0.3, 0.4) is 0 Å². The maximum Gasteiger partial charge on any atom is 0.259 e. The van der Waals surface area contributed by atoms with Crippen molar-refractivity contribution in [3.8, 4) is 17.2 Å². The molecule has 0 aromatic heterocycles. The van der Waals surface area contributed by atoms with Crippen LogP contribution in [0.4, 0.5) is 15.8 Å². The number of nitrogens with zero attached hydrogens (tertiary/aromatic N) is 1. The van der Waals surface area contributed by atoms with Gasteiger partial charge in [-0.1, -0.05) is 23.2 Å². The predicted octanol–water partition coefficient (Wildman–Crippen LogP) is 5.27. The van der Waals surface area contributed by atoms with Crippen LogP contribution in [0.1, 0.15) is 33.6 Å². The number of nitrogens with one attached hydrogen (secondary N) is 2. The van der Waals surface area contributed by atoms with Gasteiger partial charge in [-0.3, -0.25) is 9.59 Å². The van der Waals surface area contributed by atoms with Crippen LogP contribution in [0, 0.1) is 5.82 Å². The Hall–Kier alpha value is -3.77. The van der Waals surface area contributed by atoms with Gasteiger partial charge in [0, 0.05) is 38.9 Å². The quantitative estimate of drug-likeness (QED) is 0.179. The Kier molecular flexibility index (Phi) is 11.5. The minimum Gasteiger partial charge on any atom is -0.496 e. The Morgan fingerprint density at radius 3 is 2.32 bits per heavy atom. The van der Waals surface area contributed by atoms with Gasteiger partial charge in [0.1, 0.15) is 23.1 Å². The fourth-order valence-electron chi connectivity index (χ4n) is 4.94. The summed E-state index contributed by atoms with van der Waals surface area (Å²) in [6, 6.07) is 11.5. The van der Waals surface area contributed by atoms with E-state index >= 15 is 0 Å². The van der Waals surface area contributed by atoms with Gasteiger partial charge in [-0.25, -0.2) is 4.39 Å². The average Bonchev–Trinajstić information content (AvgIpc) is 3.02. The number of piperidine rings is 1. The van der Waals surface area contributed by atoms with Gasteiger partial charge >= 0.3 is 0 Å². The number of amides is 2. The Balaban J connectivity index is 1.36. The first-order valence-electron chi connectivity index (χ1n) is 13.9. The van der Waals surface area contributed by atoms with Crippen LogP contribution in [-0.2, 0) is 4.74 Å². The van der Waals surface area contributed by atoms with Crippen molar-refractivity contribution in [1.82, 2.24) is 10.2 Å². The van der Waals surface area contributed by atoms with Crippen LogP contribution >= 0.6 is 23.2 Å². The van der Waals surface area contributed by atoms with Crippen molar-refractivity contribution in [1.29, 1.82) is 0 Å². The molecule has 236 valence electrons. The van der Waals surface area contributed by atoms with Crippen LogP contribution in [0.15, 0.2) is 48.5 Å². The van der Waals surface area contributed by atoms with Gasteiger partial charge in [-0.05, 0) is 49.2 Å². The Labute approximate surface area is 265 Å². The smallest absolute Gasteiger partial charge is 0.259 e. The number of anilines is 2. The van der Waals surface area contributed by atoms with Gasteiger partial charge in [-0.15, -0.1) is 0 Å². The van der Waals surface area contributed by atoms with E-state index in [1.165, 1.54) is 50.6 Å².